The SMILES string of the molecule is CC(C)(CCCS(C)(=O)=O)C(=O)NO.[W]. The van der Waals surface area contributed by atoms with Crippen LogP contribution in [0.5, 0.6) is 0 Å². The summed E-state index contributed by atoms with van der Waals surface area (Å²) >= 11 is 0. The Bertz CT molecular complexity index is 300. The molecule has 7 heteroatoms. The molecule has 0 aromatic rings. The Labute approximate surface area is 105 Å². The van der Waals surface area contributed by atoms with Crippen LogP contribution in [0.15, 0.2) is 0 Å². The number of amides is 1. The van der Waals surface area contributed by atoms with Crippen LogP contribution in [-0.4, -0.2) is 31.5 Å². The first-order valence-corrected chi connectivity index (χ1v) is 6.37. The Kier molecular flexibility index (Phi) is 7.69. The second-order valence-corrected chi connectivity index (χ2v) is 6.32. The molecule has 0 saturated heterocycles. The van der Waals surface area contributed by atoms with Crippen LogP contribution in [0.25, 0.3) is 0 Å². The van der Waals surface area contributed by atoms with Gasteiger partial charge in [0.1, 0.15) is 9.84 Å². The van der Waals surface area contributed by atoms with Crippen molar-refractivity contribution in [3.63, 3.8) is 0 Å². The van der Waals surface area contributed by atoms with E-state index in [-0.39, 0.29) is 26.8 Å². The number of rotatable bonds is 5. The molecule has 0 aliphatic rings. The summed E-state index contributed by atoms with van der Waals surface area (Å²) in [6, 6.07) is 0. The van der Waals surface area contributed by atoms with Gasteiger partial charge in [0.15, 0.2) is 0 Å². The molecule has 1 amide bonds. The van der Waals surface area contributed by atoms with E-state index in [1.165, 1.54) is 0 Å². The standard InChI is InChI=1S/C8H17NO4S.W/c1-8(2,7(10)9-11)5-4-6-14(3,12)13;/h11H,4-6H2,1-3H3,(H,9,10);. The average molecular weight is 407 g/mol. The molecule has 0 radical (unpaired) electrons. The van der Waals surface area contributed by atoms with Crippen LogP contribution in [0.1, 0.15) is 26.7 Å². The van der Waals surface area contributed by atoms with Gasteiger partial charge in [0.25, 0.3) is 0 Å². The molecule has 0 bridgehead atoms. The van der Waals surface area contributed by atoms with Crippen molar-refractivity contribution in [1.29, 1.82) is 0 Å². The second kappa shape index (κ2) is 6.61. The monoisotopic (exact) mass is 407 g/mol. The summed E-state index contributed by atoms with van der Waals surface area (Å²) in [5.74, 6) is -0.430. The van der Waals surface area contributed by atoms with Crippen LogP contribution in [0.4, 0.5) is 0 Å². The van der Waals surface area contributed by atoms with E-state index in [0.29, 0.717) is 12.8 Å². The summed E-state index contributed by atoms with van der Waals surface area (Å²) < 4.78 is 21.6. The molecule has 90 valence electrons. The van der Waals surface area contributed by atoms with Crippen molar-refractivity contribution in [3.05, 3.63) is 0 Å². The van der Waals surface area contributed by atoms with Crippen molar-refractivity contribution >= 4 is 15.7 Å². The van der Waals surface area contributed by atoms with Gasteiger partial charge in [0.05, 0.1) is 0 Å². The molecule has 0 aromatic heterocycles. The van der Waals surface area contributed by atoms with Gasteiger partial charge in [-0.1, -0.05) is 13.8 Å². The van der Waals surface area contributed by atoms with Gasteiger partial charge in [-0.3, -0.25) is 10.0 Å². The van der Waals surface area contributed by atoms with Crippen molar-refractivity contribution in [2.45, 2.75) is 26.7 Å². The maximum Gasteiger partial charge on any atom is 0.248 e. The Morgan fingerprint density at radius 2 is 1.87 bits per heavy atom. The quantitative estimate of drug-likeness (QED) is 0.509. The second-order valence-electron chi connectivity index (χ2n) is 4.06. The molecule has 2 N–H and O–H groups in total. The molecule has 0 aromatic carbocycles. The van der Waals surface area contributed by atoms with E-state index in [1.54, 1.807) is 19.3 Å². The van der Waals surface area contributed by atoms with Gasteiger partial charge < -0.3 is 0 Å². The molecule has 0 rings (SSSR count). The minimum Gasteiger partial charge on any atom is -0.289 e. The molecule has 0 aliphatic carbocycles. The predicted octanol–water partition coefficient (Wildman–Crippen LogP) is 0.340. The summed E-state index contributed by atoms with van der Waals surface area (Å²) in [6.45, 7) is 3.31. The fraction of sp³-hybridized carbons (Fsp3) is 0.875. The van der Waals surface area contributed by atoms with E-state index in [9.17, 15) is 13.2 Å². The molecule has 0 fully saturated rings. The molecule has 15 heavy (non-hydrogen) atoms. The van der Waals surface area contributed by atoms with Crippen LogP contribution >= 0.6 is 0 Å². The van der Waals surface area contributed by atoms with Crippen molar-refractivity contribution in [2.75, 3.05) is 12.0 Å². The molecule has 5 nitrogen and oxygen atoms in total. The zero-order valence-electron chi connectivity index (χ0n) is 9.11. The Hall–Kier alpha value is 0.0683. The topological polar surface area (TPSA) is 83.5 Å². The van der Waals surface area contributed by atoms with E-state index < -0.39 is 21.2 Å². The summed E-state index contributed by atoms with van der Waals surface area (Å²) in [5, 5.41) is 8.41. The molecule has 0 unspecified atom stereocenters. The van der Waals surface area contributed by atoms with Crippen molar-refractivity contribution in [3.8, 4) is 0 Å². The summed E-state index contributed by atoms with van der Waals surface area (Å²) in [4.78, 5) is 11.1. The van der Waals surface area contributed by atoms with Gasteiger partial charge in [-0.25, -0.2) is 13.9 Å². The number of carbonyl (C=O) groups is 1. The van der Waals surface area contributed by atoms with Gasteiger partial charge in [0.2, 0.25) is 5.91 Å². The van der Waals surface area contributed by atoms with Crippen LogP contribution in [0.3, 0.4) is 0 Å². The normalized spacial score (nSPS) is 11.7. The van der Waals surface area contributed by atoms with Gasteiger partial charge in [0, 0.05) is 38.5 Å². The van der Waals surface area contributed by atoms with E-state index in [0.717, 1.165) is 6.26 Å². The van der Waals surface area contributed by atoms with Crippen LogP contribution in [0, 0.1) is 5.41 Å². The predicted molar refractivity (Wildman–Crippen MR) is 52.7 cm³/mol. The number of sulfone groups is 1. The summed E-state index contributed by atoms with van der Waals surface area (Å²) in [7, 11) is -2.97. The first-order chi connectivity index (χ1) is 6.19. The van der Waals surface area contributed by atoms with Crippen molar-refractivity contribution in [2.24, 2.45) is 5.41 Å². The first-order valence-electron chi connectivity index (χ1n) is 4.31. The molecule has 0 atom stereocenters. The number of nitrogens with one attached hydrogen (secondary N) is 1. The van der Waals surface area contributed by atoms with E-state index in [2.05, 4.69) is 0 Å². The Morgan fingerprint density at radius 3 is 2.20 bits per heavy atom. The summed E-state index contributed by atoms with van der Waals surface area (Å²) in [6.07, 6.45) is 2.00. The third kappa shape index (κ3) is 7.94. The van der Waals surface area contributed by atoms with Gasteiger partial charge in [-0.2, -0.15) is 0 Å². The molecule has 0 aliphatic heterocycles. The Morgan fingerprint density at radius 1 is 1.40 bits per heavy atom. The minimum absolute atomic E-state index is 0. The van der Waals surface area contributed by atoms with Crippen molar-refractivity contribution in [1.82, 2.24) is 5.48 Å². The average Bonchev–Trinajstić information content (AvgIpc) is 2.00. The number of hydroxylamine groups is 1. The van der Waals surface area contributed by atoms with Crippen LogP contribution in [0.2, 0.25) is 0 Å². The fourth-order valence-electron chi connectivity index (χ4n) is 1.04. The van der Waals surface area contributed by atoms with Crippen LogP contribution < -0.4 is 5.48 Å². The van der Waals surface area contributed by atoms with E-state index in [4.69, 9.17) is 5.21 Å². The number of carbonyl (C=O) groups excluding carboxylic acids is 1. The first kappa shape index (κ1) is 17.5. The van der Waals surface area contributed by atoms with Crippen LogP contribution in [-0.2, 0) is 35.7 Å². The molecule has 0 spiro atoms. The third-order valence-corrected chi connectivity index (χ3v) is 3.06. The molecule has 0 heterocycles. The third-order valence-electron chi connectivity index (χ3n) is 2.03. The van der Waals surface area contributed by atoms with Crippen molar-refractivity contribution < 1.29 is 39.5 Å². The van der Waals surface area contributed by atoms with Gasteiger partial charge in [-0.05, 0) is 12.8 Å². The molecular weight excluding hydrogens is 390 g/mol. The number of hydrogen-bond donors (Lipinski definition) is 2. The largest absolute Gasteiger partial charge is 0.289 e. The van der Waals surface area contributed by atoms with Gasteiger partial charge >= 0.3 is 0 Å². The molecule has 0 saturated carbocycles. The maximum atomic E-state index is 11.1. The smallest absolute Gasteiger partial charge is 0.248 e. The fourth-order valence-corrected chi connectivity index (χ4v) is 1.71. The zero-order chi connectivity index (χ0) is 11.4. The van der Waals surface area contributed by atoms with Gasteiger partial charge in [-0.15, -0.1) is 0 Å². The summed E-state index contributed by atoms with van der Waals surface area (Å²) in [5.41, 5.74) is 0.828. The molecular formula is C8H17NO4SW. The number of hydrogen-bond acceptors (Lipinski definition) is 4. The Balaban J connectivity index is 0. The van der Waals surface area contributed by atoms with E-state index >= 15 is 0 Å². The zero-order valence-corrected chi connectivity index (χ0v) is 12.9. The van der Waals surface area contributed by atoms with E-state index in [1.807, 2.05) is 0 Å². The minimum atomic E-state index is -2.97. The maximum absolute atomic E-state index is 11.1.